The number of amides is 2. The summed E-state index contributed by atoms with van der Waals surface area (Å²) in [5, 5.41) is 0.0498. The lowest BCUT2D eigenvalue weighted by molar-refractivity contribution is 0.0612. The Bertz CT molecular complexity index is 861. The minimum Gasteiger partial charge on any atom is -0.440 e. The molecule has 6 nitrogen and oxygen atoms in total. The van der Waals surface area contributed by atoms with Gasteiger partial charge in [-0.1, -0.05) is 32.9 Å². The van der Waals surface area contributed by atoms with Crippen LogP contribution in [0.2, 0.25) is 5.04 Å². The highest BCUT2D eigenvalue weighted by molar-refractivity contribution is 6.31. The number of nitrogens with zero attached hydrogens (tertiary/aromatic N) is 2. The fourth-order valence-corrected chi connectivity index (χ4v) is 3.58. The number of fused-ring (bicyclic) bond motifs is 1. The van der Waals surface area contributed by atoms with Crippen LogP contribution in [-0.4, -0.2) is 31.5 Å². The number of aryl methyl sites for hydroxylation is 1. The lowest BCUT2D eigenvalue weighted by atomic mass is 10.1. The molecule has 142 valence electrons. The van der Waals surface area contributed by atoms with Crippen LogP contribution < -0.4 is 0 Å². The van der Waals surface area contributed by atoms with Gasteiger partial charge in [0.1, 0.15) is 12.1 Å². The Kier molecular flexibility index (Phi) is 4.86. The zero-order chi connectivity index (χ0) is 20.0. The number of benzene rings is 1. The molecular weight excluding hydrogens is 360 g/mol. The molecule has 1 aromatic heterocycles. The van der Waals surface area contributed by atoms with Crippen LogP contribution in [0.3, 0.4) is 0 Å². The number of carbonyl (C=O) groups is 2. The molecule has 3 rings (SSSR count). The highest BCUT2D eigenvalue weighted by Gasteiger charge is 2.37. The average molecular weight is 385 g/mol. The maximum Gasteiger partial charge on any atom is 0.262 e. The number of imide groups is 1. The molecule has 0 saturated heterocycles. The molecule has 0 N–H and O–H groups in total. The van der Waals surface area contributed by atoms with Gasteiger partial charge in [0.05, 0.1) is 16.8 Å². The molecule has 1 aliphatic rings. The maximum absolute atomic E-state index is 12.5. The molecule has 27 heavy (non-hydrogen) atoms. The Labute approximate surface area is 161 Å². The van der Waals surface area contributed by atoms with Crippen molar-refractivity contribution in [1.82, 2.24) is 9.88 Å². The predicted octanol–water partition coefficient (Wildman–Crippen LogP) is 3.87. The summed E-state index contributed by atoms with van der Waals surface area (Å²) in [5.74, 6) is 0.300. The third-order valence-electron chi connectivity index (χ3n) is 4.17. The number of hydrogen-bond donors (Lipinski definition) is 0. The van der Waals surface area contributed by atoms with Gasteiger partial charge in [-0.15, -0.1) is 0 Å². The highest BCUT2D eigenvalue weighted by atomic mass is 28.2. The van der Waals surface area contributed by atoms with Gasteiger partial charge in [-0.25, -0.2) is 4.98 Å². The molecule has 0 atom stereocenters. The predicted molar refractivity (Wildman–Crippen MR) is 101 cm³/mol. The first-order valence-corrected chi connectivity index (χ1v) is 9.77. The second-order valence-electron chi connectivity index (χ2n) is 8.23. The standard InChI is InChI=1S/C20H24N2O4Si/c1-12-16(20(5,6)26-27-19(2,3)4)25-15(21-12)11-22-17(23)13-9-7-8-10-14(13)18(22)24/h7-10H,11H2,1-6H3. The average Bonchev–Trinajstić information content (AvgIpc) is 3.07. The lowest BCUT2D eigenvalue weighted by Gasteiger charge is -2.27. The normalized spacial score (nSPS) is 14.8. The van der Waals surface area contributed by atoms with Crippen molar-refractivity contribution in [2.75, 3.05) is 0 Å². The first-order chi connectivity index (χ1) is 12.5. The Hall–Kier alpha value is -2.25. The van der Waals surface area contributed by atoms with Crippen molar-refractivity contribution in [3.63, 3.8) is 0 Å². The zero-order valence-electron chi connectivity index (χ0n) is 16.5. The second kappa shape index (κ2) is 6.72. The molecule has 0 bridgehead atoms. The molecule has 0 aliphatic carbocycles. The Morgan fingerprint density at radius 3 is 2.15 bits per heavy atom. The van der Waals surface area contributed by atoms with Crippen molar-refractivity contribution in [2.45, 2.75) is 58.7 Å². The number of rotatable bonds is 5. The van der Waals surface area contributed by atoms with Crippen LogP contribution in [0.5, 0.6) is 0 Å². The van der Waals surface area contributed by atoms with Crippen LogP contribution in [0, 0.1) is 6.92 Å². The Balaban J connectivity index is 1.80. The summed E-state index contributed by atoms with van der Waals surface area (Å²) < 4.78 is 12.0. The molecule has 2 radical (unpaired) electrons. The van der Waals surface area contributed by atoms with E-state index in [1.165, 1.54) is 4.90 Å². The van der Waals surface area contributed by atoms with E-state index in [0.717, 1.165) is 0 Å². The van der Waals surface area contributed by atoms with Crippen molar-refractivity contribution >= 4 is 21.6 Å². The number of carbonyl (C=O) groups excluding carboxylic acids is 2. The molecule has 7 heteroatoms. The smallest absolute Gasteiger partial charge is 0.262 e. The number of aromatic nitrogens is 1. The first kappa shape index (κ1) is 19.5. The highest BCUT2D eigenvalue weighted by Crippen LogP contribution is 2.32. The fourth-order valence-electron chi connectivity index (χ4n) is 2.92. The van der Waals surface area contributed by atoms with E-state index in [-0.39, 0.29) is 23.4 Å². The van der Waals surface area contributed by atoms with Crippen LogP contribution in [0.25, 0.3) is 0 Å². The maximum atomic E-state index is 12.5. The molecule has 1 aromatic carbocycles. The van der Waals surface area contributed by atoms with Crippen LogP contribution in [0.15, 0.2) is 28.7 Å². The summed E-state index contributed by atoms with van der Waals surface area (Å²) in [7, 11) is 0.294. The summed E-state index contributed by atoms with van der Waals surface area (Å²) in [6.45, 7) is 12.1. The topological polar surface area (TPSA) is 72.6 Å². The largest absolute Gasteiger partial charge is 0.440 e. The Morgan fingerprint density at radius 1 is 1.07 bits per heavy atom. The van der Waals surface area contributed by atoms with Crippen LogP contribution in [0.4, 0.5) is 0 Å². The van der Waals surface area contributed by atoms with Gasteiger partial charge in [-0.2, -0.15) is 0 Å². The lowest BCUT2D eigenvalue weighted by Crippen LogP contribution is -2.29. The van der Waals surface area contributed by atoms with E-state index < -0.39 is 5.60 Å². The van der Waals surface area contributed by atoms with Gasteiger partial charge >= 0.3 is 0 Å². The second-order valence-corrected chi connectivity index (χ2v) is 10.1. The van der Waals surface area contributed by atoms with E-state index in [1.807, 2.05) is 20.8 Å². The SMILES string of the molecule is Cc1nc(CN2C(=O)c3ccccc3C2=O)oc1C(C)(C)O[Si]C(C)(C)C. The molecule has 2 amide bonds. The molecule has 0 unspecified atom stereocenters. The summed E-state index contributed by atoms with van der Waals surface area (Å²) in [6, 6.07) is 6.81. The zero-order valence-corrected chi connectivity index (χ0v) is 17.5. The number of hydrogen-bond acceptors (Lipinski definition) is 5. The van der Waals surface area contributed by atoms with Crippen LogP contribution >= 0.6 is 0 Å². The van der Waals surface area contributed by atoms with E-state index in [0.29, 0.717) is 38.2 Å². The summed E-state index contributed by atoms with van der Waals surface area (Å²) >= 11 is 0. The van der Waals surface area contributed by atoms with Gasteiger partial charge in [0.15, 0.2) is 5.76 Å². The van der Waals surface area contributed by atoms with Gasteiger partial charge < -0.3 is 8.84 Å². The van der Waals surface area contributed by atoms with Crippen molar-refractivity contribution in [3.8, 4) is 0 Å². The minimum absolute atomic E-state index is 0.00478. The van der Waals surface area contributed by atoms with Crippen LogP contribution in [0.1, 0.15) is 72.7 Å². The third kappa shape index (κ3) is 3.89. The van der Waals surface area contributed by atoms with Gasteiger partial charge in [0, 0.05) is 0 Å². The minimum atomic E-state index is -0.650. The molecule has 0 fully saturated rings. The van der Waals surface area contributed by atoms with Gasteiger partial charge in [0.2, 0.25) is 15.7 Å². The van der Waals surface area contributed by atoms with Crippen LogP contribution in [-0.2, 0) is 16.6 Å². The molecular formula is C20H24N2O4Si. The van der Waals surface area contributed by atoms with Crippen molar-refractivity contribution in [1.29, 1.82) is 0 Å². The Morgan fingerprint density at radius 2 is 1.63 bits per heavy atom. The molecule has 2 aromatic rings. The van der Waals surface area contributed by atoms with Gasteiger partial charge in [0.25, 0.3) is 11.8 Å². The van der Waals surface area contributed by atoms with E-state index in [1.54, 1.807) is 24.3 Å². The molecule has 2 heterocycles. The van der Waals surface area contributed by atoms with E-state index in [4.69, 9.17) is 8.84 Å². The summed E-state index contributed by atoms with van der Waals surface area (Å²) in [4.78, 5) is 30.6. The monoisotopic (exact) mass is 384 g/mol. The quantitative estimate of drug-likeness (QED) is 0.578. The first-order valence-electron chi connectivity index (χ1n) is 8.87. The van der Waals surface area contributed by atoms with Gasteiger partial charge in [-0.05, 0) is 37.9 Å². The third-order valence-corrected chi connectivity index (χ3v) is 5.40. The molecule has 1 aliphatic heterocycles. The number of oxazole rings is 1. The summed E-state index contributed by atoms with van der Waals surface area (Å²) in [5.41, 5.74) is 0.885. The van der Waals surface area contributed by atoms with Gasteiger partial charge in [-0.3, -0.25) is 14.5 Å². The van der Waals surface area contributed by atoms with E-state index in [2.05, 4.69) is 25.8 Å². The van der Waals surface area contributed by atoms with Crippen molar-refractivity contribution in [3.05, 3.63) is 52.7 Å². The van der Waals surface area contributed by atoms with Crippen molar-refractivity contribution in [2.24, 2.45) is 0 Å². The van der Waals surface area contributed by atoms with E-state index >= 15 is 0 Å². The molecule has 0 spiro atoms. The fraction of sp³-hybridized carbons (Fsp3) is 0.450. The molecule has 0 saturated carbocycles. The van der Waals surface area contributed by atoms with Crippen molar-refractivity contribution < 1.29 is 18.4 Å². The summed E-state index contributed by atoms with van der Waals surface area (Å²) in [6.07, 6.45) is 0. The van der Waals surface area contributed by atoms with E-state index in [9.17, 15) is 9.59 Å².